The maximum Gasteiger partial charge on any atom is 0.321 e. The van der Waals surface area contributed by atoms with E-state index in [1.165, 1.54) is 11.3 Å². The Bertz CT molecular complexity index is 1280. The van der Waals surface area contributed by atoms with Gasteiger partial charge in [-0.1, -0.05) is 30.3 Å². The van der Waals surface area contributed by atoms with E-state index in [1.807, 2.05) is 30.3 Å². The lowest BCUT2D eigenvalue weighted by Crippen LogP contribution is -2.43. The number of hydrogen-bond donors (Lipinski definition) is 1. The van der Waals surface area contributed by atoms with E-state index in [0.29, 0.717) is 32.1 Å². The molecule has 1 aromatic carbocycles. The van der Waals surface area contributed by atoms with Gasteiger partial charge in [-0.15, -0.1) is 11.3 Å². The van der Waals surface area contributed by atoms with Crippen LogP contribution >= 0.6 is 33.9 Å². The van der Waals surface area contributed by atoms with Crippen LogP contribution < -0.4 is 9.47 Å². The second kappa shape index (κ2) is 8.07. The molecule has 166 valence electrons. The lowest BCUT2D eigenvalue weighted by Gasteiger charge is -2.30. The predicted octanol–water partition coefficient (Wildman–Crippen LogP) is 4.71. The Labute approximate surface area is 201 Å². The Morgan fingerprint density at radius 3 is 3.00 bits per heavy atom. The molecule has 3 aromatic heterocycles. The molecule has 0 bridgehead atoms. The summed E-state index contributed by atoms with van der Waals surface area (Å²) < 4.78 is 28.3. The lowest BCUT2D eigenvalue weighted by atomic mass is 9.95. The van der Waals surface area contributed by atoms with Crippen molar-refractivity contribution in [3.8, 4) is 11.9 Å². The molecule has 7 nitrogen and oxygen atoms in total. The zero-order valence-corrected chi connectivity index (χ0v) is 20.2. The summed E-state index contributed by atoms with van der Waals surface area (Å²) in [5.41, 5.74) is 1.61. The fourth-order valence-corrected chi connectivity index (χ4v) is 6.58. The highest BCUT2D eigenvalue weighted by atomic mass is 127. The quantitative estimate of drug-likeness (QED) is 0.342. The molecule has 2 aliphatic heterocycles. The van der Waals surface area contributed by atoms with Crippen molar-refractivity contribution in [1.82, 2.24) is 25.1 Å². The molecule has 0 radical (unpaired) electrons. The van der Waals surface area contributed by atoms with Gasteiger partial charge >= 0.3 is 6.01 Å². The third-order valence-corrected chi connectivity index (χ3v) is 8.62. The van der Waals surface area contributed by atoms with Crippen LogP contribution in [-0.2, 0) is 6.61 Å². The minimum Gasteiger partial charge on any atom is -0.472 e. The molecule has 0 amide bonds. The molecule has 0 aliphatic carbocycles. The number of thiophene rings is 1. The molecular weight excluding hydrogens is 544 g/mol. The van der Waals surface area contributed by atoms with Crippen LogP contribution in [0.5, 0.6) is 11.9 Å². The summed E-state index contributed by atoms with van der Waals surface area (Å²) in [4.78, 5) is 12.3. The van der Waals surface area contributed by atoms with E-state index in [0.717, 1.165) is 49.1 Å². The first-order valence-corrected chi connectivity index (χ1v) is 12.5. The molecule has 0 unspecified atom stereocenters. The number of nitrogens with one attached hydrogen (secondary N) is 1. The summed E-state index contributed by atoms with van der Waals surface area (Å²) in [6.07, 6.45) is 1.73. The third-order valence-electron chi connectivity index (χ3n) is 6.39. The molecule has 0 saturated carbocycles. The van der Waals surface area contributed by atoms with Crippen LogP contribution in [0.4, 0.5) is 4.39 Å². The Kier molecular flexibility index (Phi) is 5.18. The zero-order chi connectivity index (χ0) is 21.7. The van der Waals surface area contributed by atoms with E-state index in [2.05, 4.69) is 47.7 Å². The maximum absolute atomic E-state index is 14.1. The predicted molar refractivity (Wildman–Crippen MR) is 129 cm³/mol. The summed E-state index contributed by atoms with van der Waals surface area (Å²) in [5.74, 6) is 0.457. The first-order valence-electron chi connectivity index (χ1n) is 10.6. The van der Waals surface area contributed by atoms with Gasteiger partial charge in [-0.2, -0.15) is 15.1 Å². The molecule has 2 aliphatic rings. The van der Waals surface area contributed by atoms with E-state index in [1.54, 1.807) is 0 Å². The van der Waals surface area contributed by atoms with Gasteiger partial charge in [0.15, 0.2) is 0 Å². The third kappa shape index (κ3) is 3.52. The smallest absolute Gasteiger partial charge is 0.321 e. The van der Waals surface area contributed by atoms with Crippen molar-refractivity contribution in [2.24, 2.45) is 0 Å². The largest absolute Gasteiger partial charge is 0.472 e. The standard InChI is InChI=1S/C22H21FIN5O2S/c23-14-9-22(7-4-8-29(22)10-14)12-31-21-25-19(30-11-13-5-2-1-3-6-13)15-16-17(18(24)28-27-16)32-20(15)26-21/h1-3,5-6,14H,4,7-12H2,(H,27,28)/t14-,22+/m1/s1. The first-order chi connectivity index (χ1) is 15.6. The number of aromatic amines is 1. The number of hydrogen-bond acceptors (Lipinski definition) is 7. The summed E-state index contributed by atoms with van der Waals surface area (Å²) in [5, 5.41) is 8.25. The highest BCUT2D eigenvalue weighted by Gasteiger charge is 2.49. The SMILES string of the molecule is F[C@H]1CN2CCC[C@@]2(COc2nc(OCc3ccccc3)c3c(n2)sc2c(I)[nH]nc23)C1. The second-order valence-corrected chi connectivity index (χ2v) is 10.5. The number of ether oxygens (including phenoxy) is 2. The molecule has 5 heterocycles. The van der Waals surface area contributed by atoms with Gasteiger partial charge in [0.2, 0.25) is 5.88 Å². The summed E-state index contributed by atoms with van der Waals surface area (Å²) in [6.45, 7) is 2.19. The monoisotopic (exact) mass is 565 g/mol. The van der Waals surface area contributed by atoms with E-state index in [4.69, 9.17) is 9.47 Å². The van der Waals surface area contributed by atoms with Crippen molar-refractivity contribution in [3.05, 3.63) is 39.6 Å². The van der Waals surface area contributed by atoms with Crippen LogP contribution in [0.1, 0.15) is 24.8 Å². The zero-order valence-electron chi connectivity index (χ0n) is 17.2. The van der Waals surface area contributed by atoms with E-state index < -0.39 is 6.17 Å². The number of alkyl halides is 1. The van der Waals surface area contributed by atoms with Crippen LogP contribution in [0.15, 0.2) is 30.3 Å². The Morgan fingerprint density at radius 2 is 2.12 bits per heavy atom. The summed E-state index contributed by atoms with van der Waals surface area (Å²) in [7, 11) is 0. The molecule has 4 aromatic rings. The van der Waals surface area contributed by atoms with Crippen molar-refractivity contribution in [2.75, 3.05) is 19.7 Å². The molecule has 32 heavy (non-hydrogen) atoms. The fourth-order valence-electron chi connectivity index (χ4n) is 4.89. The number of fused-ring (bicyclic) bond motifs is 4. The average Bonchev–Trinajstić information content (AvgIpc) is 3.52. The number of halogens is 2. The molecule has 2 fully saturated rings. The van der Waals surface area contributed by atoms with Gasteiger partial charge in [0.25, 0.3) is 0 Å². The molecule has 2 atom stereocenters. The minimum absolute atomic E-state index is 0.248. The van der Waals surface area contributed by atoms with Crippen molar-refractivity contribution < 1.29 is 13.9 Å². The molecular formula is C22H21FIN5O2S. The number of benzene rings is 1. The van der Waals surface area contributed by atoms with Crippen LogP contribution in [0.25, 0.3) is 20.4 Å². The summed E-state index contributed by atoms with van der Waals surface area (Å²) in [6, 6.07) is 10.2. The van der Waals surface area contributed by atoms with Gasteiger partial charge < -0.3 is 9.47 Å². The number of nitrogens with zero attached hydrogens (tertiary/aromatic N) is 4. The van der Waals surface area contributed by atoms with Crippen LogP contribution in [-0.4, -0.2) is 56.5 Å². The highest BCUT2D eigenvalue weighted by molar-refractivity contribution is 14.1. The summed E-state index contributed by atoms with van der Waals surface area (Å²) >= 11 is 3.77. The van der Waals surface area contributed by atoms with Gasteiger partial charge in [-0.3, -0.25) is 10.00 Å². The Balaban J connectivity index is 1.33. The molecule has 1 N–H and O–H groups in total. The van der Waals surface area contributed by atoms with Crippen LogP contribution in [0.3, 0.4) is 0 Å². The van der Waals surface area contributed by atoms with E-state index >= 15 is 0 Å². The average molecular weight is 565 g/mol. The van der Waals surface area contributed by atoms with Crippen molar-refractivity contribution in [2.45, 2.75) is 37.6 Å². The van der Waals surface area contributed by atoms with Crippen molar-refractivity contribution >= 4 is 54.4 Å². The Morgan fingerprint density at radius 1 is 1.25 bits per heavy atom. The molecule has 0 spiro atoms. The van der Waals surface area contributed by atoms with Gasteiger partial charge in [-0.25, -0.2) is 4.39 Å². The van der Waals surface area contributed by atoms with Crippen LogP contribution in [0, 0.1) is 3.70 Å². The number of rotatable bonds is 6. The topological polar surface area (TPSA) is 76.2 Å². The maximum atomic E-state index is 14.1. The lowest BCUT2D eigenvalue weighted by molar-refractivity contribution is 0.107. The van der Waals surface area contributed by atoms with Crippen molar-refractivity contribution in [3.63, 3.8) is 0 Å². The van der Waals surface area contributed by atoms with Gasteiger partial charge in [-0.05, 0) is 47.5 Å². The van der Waals surface area contributed by atoms with E-state index in [-0.39, 0.29) is 11.5 Å². The fraction of sp³-hybridized carbons (Fsp3) is 0.409. The highest BCUT2D eigenvalue weighted by Crippen LogP contribution is 2.42. The number of aromatic nitrogens is 4. The molecule has 2 saturated heterocycles. The van der Waals surface area contributed by atoms with Gasteiger partial charge in [0.1, 0.15) is 38.8 Å². The van der Waals surface area contributed by atoms with Crippen LogP contribution in [0.2, 0.25) is 0 Å². The van der Waals surface area contributed by atoms with Gasteiger partial charge in [0, 0.05) is 13.0 Å². The molecule has 10 heteroatoms. The Hall–Kier alpha value is -2.05. The second-order valence-electron chi connectivity index (χ2n) is 8.45. The molecule has 6 rings (SSSR count). The first kappa shape index (κ1) is 20.5. The van der Waals surface area contributed by atoms with E-state index in [9.17, 15) is 4.39 Å². The number of H-pyrrole nitrogens is 1. The van der Waals surface area contributed by atoms with Crippen molar-refractivity contribution in [1.29, 1.82) is 0 Å². The normalized spacial score (nSPS) is 23.2. The minimum atomic E-state index is -0.793. The van der Waals surface area contributed by atoms with Gasteiger partial charge in [0.05, 0.1) is 10.2 Å².